The van der Waals surface area contributed by atoms with Gasteiger partial charge in [0.05, 0.1) is 5.69 Å². The van der Waals surface area contributed by atoms with Crippen LogP contribution in [0.15, 0.2) is 11.1 Å². The first kappa shape index (κ1) is 14.5. The van der Waals surface area contributed by atoms with Gasteiger partial charge in [-0.25, -0.2) is 8.42 Å². The Balaban J connectivity index is 2.32. The summed E-state index contributed by atoms with van der Waals surface area (Å²) in [6, 6.07) is 0.156. The summed E-state index contributed by atoms with van der Waals surface area (Å²) in [6.07, 6.45) is 7.04. The van der Waals surface area contributed by atoms with Gasteiger partial charge in [0, 0.05) is 25.8 Å². The van der Waals surface area contributed by atoms with Gasteiger partial charge in [-0.15, -0.1) is 0 Å². The third kappa shape index (κ3) is 2.84. The van der Waals surface area contributed by atoms with Gasteiger partial charge in [-0.05, 0) is 19.8 Å². The molecule has 108 valence electrons. The monoisotopic (exact) mass is 285 g/mol. The van der Waals surface area contributed by atoms with E-state index in [-0.39, 0.29) is 6.04 Å². The molecule has 6 heteroatoms. The first-order chi connectivity index (χ1) is 8.96. The summed E-state index contributed by atoms with van der Waals surface area (Å²) >= 11 is 0. The van der Waals surface area contributed by atoms with Gasteiger partial charge < -0.3 is 0 Å². The summed E-state index contributed by atoms with van der Waals surface area (Å²) in [6.45, 7) is 4.20. The zero-order chi connectivity index (χ0) is 14.0. The SMILES string of the molecule is CCN(C1CCCCC1)S(=O)(=O)c1cn(C)nc1C. The van der Waals surface area contributed by atoms with Gasteiger partial charge in [-0.2, -0.15) is 9.40 Å². The van der Waals surface area contributed by atoms with Crippen LogP contribution < -0.4 is 0 Å². The molecule has 0 radical (unpaired) electrons. The molecule has 0 amide bonds. The van der Waals surface area contributed by atoms with E-state index < -0.39 is 10.0 Å². The predicted molar refractivity (Wildman–Crippen MR) is 74.4 cm³/mol. The zero-order valence-corrected chi connectivity index (χ0v) is 12.8. The Labute approximate surface area is 115 Å². The van der Waals surface area contributed by atoms with Crippen molar-refractivity contribution < 1.29 is 8.42 Å². The fourth-order valence-corrected chi connectivity index (χ4v) is 4.85. The molecule has 2 rings (SSSR count). The second kappa shape index (κ2) is 5.63. The van der Waals surface area contributed by atoms with Crippen molar-refractivity contribution in [2.24, 2.45) is 7.05 Å². The molecule has 1 aliphatic rings. The fourth-order valence-electron chi connectivity index (χ4n) is 2.95. The molecule has 0 unspecified atom stereocenters. The van der Waals surface area contributed by atoms with Gasteiger partial charge in [0.15, 0.2) is 0 Å². The van der Waals surface area contributed by atoms with E-state index in [2.05, 4.69) is 5.10 Å². The first-order valence-electron chi connectivity index (χ1n) is 6.99. The number of nitrogens with zero attached hydrogens (tertiary/aromatic N) is 3. The van der Waals surface area contributed by atoms with E-state index in [1.165, 1.54) is 6.42 Å². The van der Waals surface area contributed by atoms with Crippen LogP contribution >= 0.6 is 0 Å². The molecule has 0 spiro atoms. The molecule has 1 aliphatic carbocycles. The number of sulfonamides is 1. The maximum atomic E-state index is 12.8. The lowest BCUT2D eigenvalue weighted by Gasteiger charge is -2.32. The molecule has 5 nitrogen and oxygen atoms in total. The lowest BCUT2D eigenvalue weighted by molar-refractivity contribution is 0.261. The molecule has 0 bridgehead atoms. The molecule has 1 saturated carbocycles. The minimum Gasteiger partial charge on any atom is -0.274 e. The summed E-state index contributed by atoms with van der Waals surface area (Å²) in [5.74, 6) is 0. The first-order valence-corrected chi connectivity index (χ1v) is 8.43. The van der Waals surface area contributed by atoms with Gasteiger partial charge in [0.2, 0.25) is 10.0 Å². The molecule has 19 heavy (non-hydrogen) atoms. The van der Waals surface area contributed by atoms with Crippen molar-refractivity contribution in [1.82, 2.24) is 14.1 Å². The molecule has 0 saturated heterocycles. The van der Waals surface area contributed by atoms with E-state index >= 15 is 0 Å². The molecule has 0 aromatic carbocycles. The van der Waals surface area contributed by atoms with Crippen LogP contribution in [0.3, 0.4) is 0 Å². The average Bonchev–Trinajstić information content (AvgIpc) is 2.71. The third-order valence-electron chi connectivity index (χ3n) is 3.85. The summed E-state index contributed by atoms with van der Waals surface area (Å²) in [5, 5.41) is 4.15. The van der Waals surface area contributed by atoms with E-state index in [1.807, 2.05) is 6.92 Å². The lowest BCUT2D eigenvalue weighted by atomic mass is 9.95. The highest BCUT2D eigenvalue weighted by molar-refractivity contribution is 7.89. The molecular weight excluding hydrogens is 262 g/mol. The Morgan fingerprint density at radius 3 is 2.47 bits per heavy atom. The van der Waals surface area contributed by atoms with Crippen molar-refractivity contribution in [2.45, 2.75) is 56.9 Å². The number of rotatable bonds is 4. The van der Waals surface area contributed by atoms with Crippen molar-refractivity contribution in [1.29, 1.82) is 0 Å². The predicted octanol–water partition coefficient (Wildman–Crippen LogP) is 2.07. The Morgan fingerprint density at radius 1 is 1.37 bits per heavy atom. The van der Waals surface area contributed by atoms with Gasteiger partial charge >= 0.3 is 0 Å². The normalized spacial score (nSPS) is 18.1. The van der Waals surface area contributed by atoms with Crippen LogP contribution in [0.25, 0.3) is 0 Å². The van der Waals surface area contributed by atoms with Crippen LogP contribution in [-0.4, -0.2) is 35.1 Å². The van der Waals surface area contributed by atoms with E-state index in [0.717, 1.165) is 25.7 Å². The molecule has 0 N–H and O–H groups in total. The van der Waals surface area contributed by atoms with Crippen LogP contribution in [0.1, 0.15) is 44.7 Å². The Morgan fingerprint density at radius 2 is 2.00 bits per heavy atom. The standard InChI is InChI=1S/C13H23N3O2S/c1-4-16(12-8-6-5-7-9-12)19(17,18)13-10-15(3)14-11(13)2/h10,12H,4-9H2,1-3H3. The maximum absolute atomic E-state index is 12.8. The molecule has 1 aromatic heterocycles. The highest BCUT2D eigenvalue weighted by atomic mass is 32.2. The van der Waals surface area contributed by atoms with Crippen LogP contribution in [0, 0.1) is 6.92 Å². The van der Waals surface area contributed by atoms with Crippen molar-refractivity contribution in [2.75, 3.05) is 6.54 Å². The largest absolute Gasteiger partial charge is 0.274 e. The van der Waals surface area contributed by atoms with Crippen LogP contribution in [0.4, 0.5) is 0 Å². The van der Waals surface area contributed by atoms with Gasteiger partial charge in [-0.1, -0.05) is 26.2 Å². The molecule has 1 fully saturated rings. The van der Waals surface area contributed by atoms with Crippen molar-refractivity contribution in [3.05, 3.63) is 11.9 Å². The summed E-state index contributed by atoms with van der Waals surface area (Å²) in [7, 11) is -1.66. The minimum absolute atomic E-state index is 0.156. The Bertz CT molecular complexity index is 530. The van der Waals surface area contributed by atoms with Gasteiger partial charge in [0.25, 0.3) is 0 Å². The highest BCUT2D eigenvalue weighted by Gasteiger charge is 2.33. The summed E-state index contributed by atoms with van der Waals surface area (Å²) in [4.78, 5) is 0.349. The van der Waals surface area contributed by atoms with Gasteiger partial charge in [-0.3, -0.25) is 4.68 Å². The van der Waals surface area contributed by atoms with Gasteiger partial charge in [0.1, 0.15) is 4.90 Å². The molecular formula is C13H23N3O2S. The fraction of sp³-hybridized carbons (Fsp3) is 0.769. The van der Waals surface area contributed by atoms with Crippen molar-refractivity contribution in [3.63, 3.8) is 0 Å². The molecule has 1 heterocycles. The molecule has 0 atom stereocenters. The summed E-state index contributed by atoms with van der Waals surface area (Å²) in [5.41, 5.74) is 0.580. The van der Waals surface area contributed by atoms with Crippen molar-refractivity contribution >= 4 is 10.0 Å². The van der Waals surface area contributed by atoms with E-state index in [0.29, 0.717) is 17.1 Å². The quantitative estimate of drug-likeness (QED) is 0.851. The Kier molecular flexibility index (Phi) is 4.30. The maximum Gasteiger partial charge on any atom is 0.246 e. The minimum atomic E-state index is -3.41. The van der Waals surface area contributed by atoms with Crippen LogP contribution in [-0.2, 0) is 17.1 Å². The number of aromatic nitrogens is 2. The van der Waals surface area contributed by atoms with Crippen LogP contribution in [0.2, 0.25) is 0 Å². The van der Waals surface area contributed by atoms with Crippen molar-refractivity contribution in [3.8, 4) is 0 Å². The topological polar surface area (TPSA) is 55.2 Å². The number of aryl methyl sites for hydroxylation is 2. The highest BCUT2D eigenvalue weighted by Crippen LogP contribution is 2.28. The Hall–Kier alpha value is -0.880. The van der Waals surface area contributed by atoms with E-state index in [9.17, 15) is 8.42 Å². The van der Waals surface area contributed by atoms with E-state index in [4.69, 9.17) is 0 Å². The number of hydrogen-bond acceptors (Lipinski definition) is 3. The lowest BCUT2D eigenvalue weighted by Crippen LogP contribution is -2.41. The average molecular weight is 285 g/mol. The van der Waals surface area contributed by atoms with Crippen LogP contribution in [0.5, 0.6) is 0 Å². The molecule has 1 aromatic rings. The second-order valence-corrected chi connectivity index (χ2v) is 7.11. The third-order valence-corrected chi connectivity index (χ3v) is 5.98. The molecule has 0 aliphatic heterocycles. The second-order valence-electron chi connectivity index (χ2n) is 5.25. The number of hydrogen-bond donors (Lipinski definition) is 0. The summed E-state index contributed by atoms with van der Waals surface area (Å²) < 4.78 is 28.8. The zero-order valence-electron chi connectivity index (χ0n) is 12.0. The smallest absolute Gasteiger partial charge is 0.246 e. The van der Waals surface area contributed by atoms with E-state index in [1.54, 1.807) is 29.2 Å².